The van der Waals surface area contributed by atoms with Gasteiger partial charge in [-0.2, -0.15) is 4.98 Å². The Labute approximate surface area is 121 Å². The molecule has 0 spiro atoms. The summed E-state index contributed by atoms with van der Waals surface area (Å²) < 4.78 is 11.2. The molecular formula is C14H14ClN3O2. The van der Waals surface area contributed by atoms with Crippen LogP contribution in [0.15, 0.2) is 22.7 Å². The topological polar surface area (TPSA) is 74.2 Å². The number of benzene rings is 1. The molecule has 5 nitrogen and oxygen atoms in total. The number of hydrogen-bond donors (Lipinski definition) is 1. The summed E-state index contributed by atoms with van der Waals surface area (Å²) in [4.78, 5) is 4.49. The van der Waals surface area contributed by atoms with Crippen molar-refractivity contribution in [2.75, 3.05) is 5.73 Å². The number of hydrogen-bond acceptors (Lipinski definition) is 5. The van der Waals surface area contributed by atoms with Crippen molar-refractivity contribution in [2.45, 2.75) is 37.4 Å². The Morgan fingerprint density at radius 1 is 1.25 bits per heavy atom. The summed E-state index contributed by atoms with van der Waals surface area (Å²) in [5, 5.41) is 4.66. The first-order valence-corrected chi connectivity index (χ1v) is 7.12. The van der Waals surface area contributed by atoms with Crippen LogP contribution in [0.25, 0.3) is 11.5 Å². The molecule has 2 N–H and O–H groups in total. The molecule has 0 amide bonds. The smallest absolute Gasteiger partial charge is 0.258 e. The van der Waals surface area contributed by atoms with E-state index in [-0.39, 0.29) is 12.0 Å². The van der Waals surface area contributed by atoms with Crippen LogP contribution in [0.5, 0.6) is 0 Å². The number of rotatable bonds is 2. The molecule has 3 atom stereocenters. The Morgan fingerprint density at radius 3 is 2.85 bits per heavy atom. The molecule has 2 fully saturated rings. The first-order chi connectivity index (χ1) is 9.69. The maximum atomic E-state index is 6.00. The molecule has 4 rings (SSSR count). The van der Waals surface area contributed by atoms with Crippen molar-refractivity contribution in [1.82, 2.24) is 10.1 Å². The van der Waals surface area contributed by atoms with E-state index >= 15 is 0 Å². The van der Waals surface area contributed by atoms with Crippen molar-refractivity contribution in [3.8, 4) is 11.5 Å². The second-order valence-corrected chi connectivity index (χ2v) is 5.88. The van der Waals surface area contributed by atoms with Crippen molar-refractivity contribution in [2.24, 2.45) is 0 Å². The molecule has 0 radical (unpaired) electrons. The van der Waals surface area contributed by atoms with Gasteiger partial charge in [0.05, 0.1) is 18.1 Å². The Bertz CT molecular complexity index is 637. The van der Waals surface area contributed by atoms with Gasteiger partial charge in [0.25, 0.3) is 5.89 Å². The van der Waals surface area contributed by atoms with Crippen LogP contribution in [0.3, 0.4) is 0 Å². The van der Waals surface area contributed by atoms with Crippen molar-refractivity contribution < 1.29 is 9.26 Å². The predicted octanol–water partition coefficient (Wildman–Crippen LogP) is 3.01. The molecule has 6 heteroatoms. The van der Waals surface area contributed by atoms with Gasteiger partial charge < -0.3 is 15.0 Å². The highest BCUT2D eigenvalue weighted by molar-refractivity contribution is 6.31. The van der Waals surface area contributed by atoms with Gasteiger partial charge in [-0.15, -0.1) is 0 Å². The van der Waals surface area contributed by atoms with E-state index in [1.165, 1.54) is 0 Å². The van der Waals surface area contributed by atoms with Crippen LogP contribution in [0.4, 0.5) is 5.69 Å². The molecular weight excluding hydrogens is 278 g/mol. The maximum absolute atomic E-state index is 6.00. The Morgan fingerprint density at radius 2 is 2.15 bits per heavy atom. The second kappa shape index (κ2) is 4.46. The van der Waals surface area contributed by atoms with Crippen molar-refractivity contribution in [3.05, 3.63) is 29.0 Å². The summed E-state index contributed by atoms with van der Waals surface area (Å²) in [5.74, 6) is 1.44. The third kappa shape index (κ3) is 1.98. The quantitative estimate of drug-likeness (QED) is 0.861. The van der Waals surface area contributed by atoms with Gasteiger partial charge in [0.15, 0.2) is 5.82 Å². The highest BCUT2D eigenvalue weighted by Gasteiger charge is 2.43. The summed E-state index contributed by atoms with van der Waals surface area (Å²) in [6.45, 7) is 0. The lowest BCUT2D eigenvalue weighted by atomic mass is 9.89. The minimum atomic E-state index is 0.245. The molecule has 2 aromatic rings. The fourth-order valence-corrected chi connectivity index (χ4v) is 3.39. The lowest BCUT2D eigenvalue weighted by Gasteiger charge is -2.13. The molecule has 2 saturated heterocycles. The zero-order chi connectivity index (χ0) is 13.7. The van der Waals surface area contributed by atoms with Crippen LogP contribution in [0, 0.1) is 0 Å². The number of halogens is 1. The zero-order valence-electron chi connectivity index (χ0n) is 10.8. The van der Waals surface area contributed by atoms with Gasteiger partial charge >= 0.3 is 0 Å². The predicted molar refractivity (Wildman–Crippen MR) is 74.4 cm³/mol. The molecule has 20 heavy (non-hydrogen) atoms. The largest absolute Gasteiger partial charge is 0.399 e. The highest BCUT2D eigenvalue weighted by atomic mass is 35.5. The van der Waals surface area contributed by atoms with Crippen LogP contribution in [0.1, 0.15) is 31.0 Å². The van der Waals surface area contributed by atoms with E-state index in [2.05, 4.69) is 10.1 Å². The lowest BCUT2D eigenvalue weighted by molar-refractivity contribution is 0.0996. The van der Waals surface area contributed by atoms with E-state index in [4.69, 9.17) is 26.6 Å². The number of nitrogens with two attached hydrogens (primary N) is 1. The van der Waals surface area contributed by atoms with Gasteiger partial charge in [0, 0.05) is 16.3 Å². The molecule has 2 bridgehead atoms. The molecule has 2 aliphatic rings. The van der Waals surface area contributed by atoms with Crippen LogP contribution in [-0.2, 0) is 4.74 Å². The van der Waals surface area contributed by atoms with Gasteiger partial charge in [-0.1, -0.05) is 16.8 Å². The normalized spacial score (nSPS) is 28.1. The minimum Gasteiger partial charge on any atom is -0.399 e. The third-order valence-corrected chi connectivity index (χ3v) is 4.26. The Hall–Kier alpha value is -1.59. The summed E-state index contributed by atoms with van der Waals surface area (Å²) in [5.41, 5.74) is 7.11. The number of aromatic nitrogens is 2. The van der Waals surface area contributed by atoms with Crippen molar-refractivity contribution in [3.63, 3.8) is 0 Å². The molecule has 3 unspecified atom stereocenters. The maximum Gasteiger partial charge on any atom is 0.258 e. The summed E-state index contributed by atoms with van der Waals surface area (Å²) in [7, 11) is 0. The summed E-state index contributed by atoms with van der Waals surface area (Å²) >= 11 is 6.00. The van der Waals surface area contributed by atoms with Crippen molar-refractivity contribution >= 4 is 17.3 Å². The zero-order valence-corrected chi connectivity index (χ0v) is 11.5. The van der Waals surface area contributed by atoms with Crippen LogP contribution < -0.4 is 5.73 Å². The first kappa shape index (κ1) is 12.2. The molecule has 0 saturated carbocycles. The van der Waals surface area contributed by atoms with Crippen LogP contribution >= 0.6 is 11.6 Å². The third-order valence-electron chi connectivity index (χ3n) is 4.05. The van der Waals surface area contributed by atoms with E-state index in [0.717, 1.165) is 30.7 Å². The average molecular weight is 292 g/mol. The number of anilines is 1. The molecule has 0 aliphatic carbocycles. The van der Waals surface area contributed by atoms with Crippen LogP contribution in [0.2, 0.25) is 5.02 Å². The van der Waals surface area contributed by atoms with Gasteiger partial charge in [-0.05, 0) is 37.5 Å². The van der Waals surface area contributed by atoms with Gasteiger partial charge in [0.1, 0.15) is 0 Å². The fourth-order valence-electron chi connectivity index (χ4n) is 3.15. The Kier molecular flexibility index (Phi) is 2.72. The molecule has 1 aromatic carbocycles. The van der Waals surface area contributed by atoms with Crippen molar-refractivity contribution in [1.29, 1.82) is 0 Å². The van der Waals surface area contributed by atoms with Gasteiger partial charge in [-0.3, -0.25) is 0 Å². The number of nitrogen functional groups attached to an aromatic ring is 1. The lowest BCUT2D eigenvalue weighted by Crippen LogP contribution is -2.15. The monoisotopic (exact) mass is 291 g/mol. The standard InChI is InChI=1S/C14H14ClN3O2/c15-8-3-7(4-9(16)5-8)14-17-13(18-20-14)11-6-10-1-2-12(11)19-10/h3-5,10-12H,1-2,6,16H2. The average Bonchev–Trinajstić information content (AvgIpc) is 3.13. The van der Waals surface area contributed by atoms with E-state index in [1.54, 1.807) is 18.2 Å². The number of ether oxygens (including phenoxy) is 1. The van der Waals surface area contributed by atoms with E-state index < -0.39 is 0 Å². The summed E-state index contributed by atoms with van der Waals surface area (Å²) in [6.07, 6.45) is 3.84. The van der Waals surface area contributed by atoms with E-state index in [1.807, 2.05) is 0 Å². The minimum absolute atomic E-state index is 0.245. The van der Waals surface area contributed by atoms with E-state index in [9.17, 15) is 0 Å². The van der Waals surface area contributed by atoms with E-state index in [0.29, 0.717) is 22.7 Å². The molecule has 1 aromatic heterocycles. The first-order valence-electron chi connectivity index (χ1n) is 6.74. The van der Waals surface area contributed by atoms with Gasteiger partial charge in [0.2, 0.25) is 0 Å². The SMILES string of the molecule is Nc1cc(Cl)cc(-c2nc(C3CC4CCC3O4)no2)c1. The number of nitrogens with zero attached hydrogens (tertiary/aromatic N) is 2. The highest BCUT2D eigenvalue weighted by Crippen LogP contribution is 2.43. The molecule has 3 heterocycles. The Balaban J connectivity index is 1.65. The van der Waals surface area contributed by atoms with Crippen LogP contribution in [-0.4, -0.2) is 22.3 Å². The number of fused-ring (bicyclic) bond motifs is 2. The van der Waals surface area contributed by atoms with Gasteiger partial charge in [-0.25, -0.2) is 0 Å². The molecule has 104 valence electrons. The second-order valence-electron chi connectivity index (χ2n) is 5.45. The summed E-state index contributed by atoms with van der Waals surface area (Å²) in [6, 6.07) is 5.24. The fraction of sp³-hybridized carbons (Fsp3) is 0.429. The molecule has 2 aliphatic heterocycles.